The molecule has 1 aromatic carbocycles. The Hall–Kier alpha value is -1.94. The van der Waals surface area contributed by atoms with E-state index in [2.05, 4.69) is 15.3 Å². The minimum absolute atomic E-state index is 0.0519. The second-order valence-corrected chi connectivity index (χ2v) is 4.88. The zero-order chi connectivity index (χ0) is 14.5. The van der Waals surface area contributed by atoms with Crippen LogP contribution in [0.25, 0.3) is 11.3 Å². The maximum absolute atomic E-state index is 11.3. The summed E-state index contributed by atoms with van der Waals surface area (Å²) in [7, 11) is 0. The van der Waals surface area contributed by atoms with E-state index in [1.165, 1.54) is 6.33 Å². The number of carbonyl (C=O) groups is 1. The van der Waals surface area contributed by atoms with Gasteiger partial charge in [-0.1, -0.05) is 30.7 Å². The molecule has 1 N–H and O–H groups in total. The number of aryl methyl sites for hydroxylation is 1. The van der Waals surface area contributed by atoms with Gasteiger partial charge in [-0.15, -0.1) is 0 Å². The summed E-state index contributed by atoms with van der Waals surface area (Å²) in [6.07, 6.45) is 1.94. The molecule has 0 spiro atoms. The van der Waals surface area contributed by atoms with E-state index in [9.17, 15) is 4.79 Å². The minimum atomic E-state index is 0.0519. The molecular formula is C15H16ClN3O. The summed E-state index contributed by atoms with van der Waals surface area (Å²) in [6, 6.07) is 7.73. The third-order valence-corrected chi connectivity index (χ3v) is 3.28. The SMILES string of the molecule is CCC(=O)NCc1ccc(-c2cc(Cl)ncn2)cc1C. The standard InChI is InChI=1S/C15H16ClN3O/c1-3-15(20)17-8-12-5-4-11(6-10(12)2)13-7-14(16)19-9-18-13/h4-7,9H,3,8H2,1-2H3,(H,17,20). The first-order chi connectivity index (χ1) is 9.60. The van der Waals surface area contributed by atoms with Crippen molar-refractivity contribution in [2.75, 3.05) is 0 Å². The van der Waals surface area contributed by atoms with Gasteiger partial charge in [-0.2, -0.15) is 0 Å². The fourth-order valence-corrected chi connectivity index (χ4v) is 2.01. The maximum Gasteiger partial charge on any atom is 0.219 e. The third kappa shape index (κ3) is 3.54. The van der Waals surface area contributed by atoms with E-state index in [4.69, 9.17) is 11.6 Å². The third-order valence-electron chi connectivity index (χ3n) is 3.07. The number of hydrogen-bond donors (Lipinski definition) is 1. The Bertz CT molecular complexity index is 628. The average molecular weight is 290 g/mol. The van der Waals surface area contributed by atoms with Crippen LogP contribution in [-0.2, 0) is 11.3 Å². The molecule has 1 aromatic heterocycles. The lowest BCUT2D eigenvalue weighted by Gasteiger charge is -2.09. The molecule has 1 amide bonds. The number of rotatable bonds is 4. The Balaban J connectivity index is 2.19. The molecule has 2 aromatic rings. The van der Waals surface area contributed by atoms with Gasteiger partial charge in [-0.05, 0) is 24.1 Å². The van der Waals surface area contributed by atoms with Crippen molar-refractivity contribution >= 4 is 17.5 Å². The summed E-state index contributed by atoms with van der Waals surface area (Å²) in [6.45, 7) is 4.40. The van der Waals surface area contributed by atoms with Gasteiger partial charge in [0.15, 0.2) is 0 Å². The smallest absolute Gasteiger partial charge is 0.219 e. The van der Waals surface area contributed by atoms with Crippen molar-refractivity contribution in [1.29, 1.82) is 0 Å². The first-order valence-corrected chi connectivity index (χ1v) is 6.82. The van der Waals surface area contributed by atoms with Gasteiger partial charge in [0.25, 0.3) is 0 Å². The highest BCUT2D eigenvalue weighted by Crippen LogP contribution is 2.21. The van der Waals surface area contributed by atoms with Crippen LogP contribution in [0.1, 0.15) is 24.5 Å². The zero-order valence-electron chi connectivity index (χ0n) is 11.5. The molecule has 0 saturated carbocycles. The molecule has 0 aliphatic heterocycles. The van der Waals surface area contributed by atoms with Crippen LogP contribution in [0.3, 0.4) is 0 Å². The van der Waals surface area contributed by atoms with Crippen molar-refractivity contribution in [2.45, 2.75) is 26.8 Å². The Morgan fingerprint density at radius 3 is 2.75 bits per heavy atom. The van der Waals surface area contributed by atoms with Crippen molar-refractivity contribution < 1.29 is 4.79 Å². The predicted octanol–water partition coefficient (Wildman–Crippen LogP) is 3.13. The van der Waals surface area contributed by atoms with Gasteiger partial charge in [-0.3, -0.25) is 4.79 Å². The predicted molar refractivity (Wildman–Crippen MR) is 79.4 cm³/mol. The van der Waals surface area contributed by atoms with Crippen LogP contribution in [-0.4, -0.2) is 15.9 Å². The number of aromatic nitrogens is 2. The lowest BCUT2D eigenvalue weighted by atomic mass is 10.0. The van der Waals surface area contributed by atoms with Gasteiger partial charge in [0.05, 0.1) is 5.69 Å². The van der Waals surface area contributed by atoms with Crippen molar-refractivity contribution in [3.05, 3.63) is 46.9 Å². The van der Waals surface area contributed by atoms with Crippen LogP contribution in [0.5, 0.6) is 0 Å². The molecule has 20 heavy (non-hydrogen) atoms. The number of amides is 1. The molecule has 0 aliphatic rings. The average Bonchev–Trinajstić information content (AvgIpc) is 2.45. The molecule has 0 bridgehead atoms. The van der Waals surface area contributed by atoms with E-state index in [0.29, 0.717) is 18.1 Å². The molecule has 1 heterocycles. The van der Waals surface area contributed by atoms with Crippen LogP contribution < -0.4 is 5.32 Å². The molecule has 104 valence electrons. The van der Waals surface area contributed by atoms with Crippen molar-refractivity contribution in [3.63, 3.8) is 0 Å². The molecule has 0 unspecified atom stereocenters. The second-order valence-electron chi connectivity index (χ2n) is 4.50. The van der Waals surface area contributed by atoms with E-state index in [1.54, 1.807) is 6.07 Å². The second kappa shape index (κ2) is 6.48. The fourth-order valence-electron chi connectivity index (χ4n) is 1.86. The summed E-state index contributed by atoms with van der Waals surface area (Å²) in [4.78, 5) is 19.4. The van der Waals surface area contributed by atoms with E-state index in [1.807, 2.05) is 32.0 Å². The Kier molecular flexibility index (Phi) is 4.69. The molecule has 5 heteroatoms. The summed E-state index contributed by atoms with van der Waals surface area (Å²) >= 11 is 5.87. The number of hydrogen-bond acceptors (Lipinski definition) is 3. The highest BCUT2D eigenvalue weighted by molar-refractivity contribution is 6.29. The largest absolute Gasteiger partial charge is 0.352 e. The van der Waals surface area contributed by atoms with E-state index >= 15 is 0 Å². The van der Waals surface area contributed by atoms with E-state index in [0.717, 1.165) is 22.4 Å². The number of benzene rings is 1. The molecule has 4 nitrogen and oxygen atoms in total. The number of carbonyl (C=O) groups excluding carboxylic acids is 1. The quantitative estimate of drug-likeness (QED) is 0.880. The van der Waals surface area contributed by atoms with Crippen LogP contribution in [0.15, 0.2) is 30.6 Å². The first kappa shape index (κ1) is 14.5. The van der Waals surface area contributed by atoms with Crippen molar-refractivity contribution in [1.82, 2.24) is 15.3 Å². The molecule has 0 radical (unpaired) electrons. The molecular weight excluding hydrogens is 274 g/mol. The lowest BCUT2D eigenvalue weighted by Crippen LogP contribution is -2.21. The van der Waals surface area contributed by atoms with Gasteiger partial charge in [-0.25, -0.2) is 9.97 Å². The molecule has 0 saturated heterocycles. The van der Waals surface area contributed by atoms with Gasteiger partial charge >= 0.3 is 0 Å². The van der Waals surface area contributed by atoms with E-state index < -0.39 is 0 Å². The Labute approximate surface area is 123 Å². The highest BCUT2D eigenvalue weighted by atomic mass is 35.5. The molecule has 0 aliphatic carbocycles. The van der Waals surface area contributed by atoms with Crippen LogP contribution >= 0.6 is 11.6 Å². The van der Waals surface area contributed by atoms with Gasteiger partial charge in [0, 0.05) is 24.6 Å². The molecule has 0 fully saturated rings. The van der Waals surface area contributed by atoms with Crippen LogP contribution in [0.4, 0.5) is 0 Å². The summed E-state index contributed by atoms with van der Waals surface area (Å²) in [5.41, 5.74) is 3.97. The van der Waals surface area contributed by atoms with E-state index in [-0.39, 0.29) is 5.91 Å². The van der Waals surface area contributed by atoms with Crippen LogP contribution in [0.2, 0.25) is 5.15 Å². The topological polar surface area (TPSA) is 54.9 Å². The fraction of sp³-hybridized carbons (Fsp3) is 0.267. The summed E-state index contributed by atoms with van der Waals surface area (Å²) in [5.74, 6) is 0.0519. The van der Waals surface area contributed by atoms with Gasteiger partial charge < -0.3 is 5.32 Å². The minimum Gasteiger partial charge on any atom is -0.352 e. The number of nitrogens with zero attached hydrogens (tertiary/aromatic N) is 2. The highest BCUT2D eigenvalue weighted by Gasteiger charge is 2.05. The summed E-state index contributed by atoms with van der Waals surface area (Å²) in [5, 5.41) is 3.30. The number of halogens is 1. The zero-order valence-corrected chi connectivity index (χ0v) is 12.2. The molecule has 2 rings (SSSR count). The summed E-state index contributed by atoms with van der Waals surface area (Å²) < 4.78 is 0. The number of nitrogens with one attached hydrogen (secondary N) is 1. The maximum atomic E-state index is 11.3. The van der Waals surface area contributed by atoms with Crippen LogP contribution in [0, 0.1) is 6.92 Å². The van der Waals surface area contributed by atoms with Gasteiger partial charge in [0.1, 0.15) is 11.5 Å². The van der Waals surface area contributed by atoms with Gasteiger partial charge in [0.2, 0.25) is 5.91 Å². The van der Waals surface area contributed by atoms with Crippen molar-refractivity contribution in [2.24, 2.45) is 0 Å². The molecule has 0 atom stereocenters. The Morgan fingerprint density at radius 2 is 2.10 bits per heavy atom. The Morgan fingerprint density at radius 1 is 1.30 bits per heavy atom. The normalized spacial score (nSPS) is 10.3. The monoisotopic (exact) mass is 289 g/mol. The lowest BCUT2D eigenvalue weighted by molar-refractivity contribution is -0.120. The first-order valence-electron chi connectivity index (χ1n) is 6.44. The van der Waals surface area contributed by atoms with Crippen molar-refractivity contribution in [3.8, 4) is 11.3 Å².